The van der Waals surface area contributed by atoms with Gasteiger partial charge in [0.2, 0.25) is 0 Å². The molecule has 3 unspecified atom stereocenters. The van der Waals surface area contributed by atoms with Gasteiger partial charge in [0, 0.05) is 6.04 Å². The summed E-state index contributed by atoms with van der Waals surface area (Å²) in [6, 6.07) is 10.8. The normalized spacial score (nSPS) is 24.2. The molecule has 0 aliphatic carbocycles. The van der Waals surface area contributed by atoms with Gasteiger partial charge in [-0.3, -0.25) is 0 Å². The van der Waals surface area contributed by atoms with E-state index < -0.39 is 0 Å². The van der Waals surface area contributed by atoms with Crippen molar-refractivity contribution in [1.29, 1.82) is 0 Å². The number of rotatable bonds is 4. The molecule has 0 radical (unpaired) electrons. The monoisotopic (exact) mass is 247 g/mol. The van der Waals surface area contributed by atoms with E-state index in [9.17, 15) is 5.11 Å². The highest BCUT2D eigenvalue weighted by atomic mass is 16.3. The van der Waals surface area contributed by atoms with Crippen LogP contribution < -0.4 is 5.32 Å². The zero-order valence-electron chi connectivity index (χ0n) is 11.3. The molecule has 2 nitrogen and oxygen atoms in total. The Balaban J connectivity index is 1.88. The van der Waals surface area contributed by atoms with Crippen LogP contribution >= 0.6 is 0 Å². The number of hydrogen-bond donors (Lipinski definition) is 2. The van der Waals surface area contributed by atoms with Crippen LogP contribution in [0.2, 0.25) is 0 Å². The lowest BCUT2D eigenvalue weighted by Gasteiger charge is -2.25. The van der Waals surface area contributed by atoms with Crippen LogP contribution in [0.5, 0.6) is 0 Å². The van der Waals surface area contributed by atoms with Crippen molar-refractivity contribution in [2.45, 2.75) is 57.1 Å². The first-order chi connectivity index (χ1) is 8.77. The Labute approximate surface area is 110 Å². The van der Waals surface area contributed by atoms with Crippen molar-refractivity contribution in [2.24, 2.45) is 0 Å². The van der Waals surface area contributed by atoms with E-state index in [0.717, 1.165) is 19.4 Å². The fraction of sp³-hybridized carbons (Fsp3) is 0.625. The Morgan fingerprint density at radius 2 is 2.00 bits per heavy atom. The first-order valence-corrected chi connectivity index (χ1v) is 7.24. The molecule has 1 saturated heterocycles. The minimum Gasteiger partial charge on any atom is -0.391 e. The lowest BCUT2D eigenvalue weighted by Crippen LogP contribution is -2.39. The number of hydrogen-bond acceptors (Lipinski definition) is 2. The highest BCUT2D eigenvalue weighted by Crippen LogP contribution is 2.23. The number of nitrogens with one attached hydrogen (secondary N) is 1. The highest BCUT2D eigenvalue weighted by Gasteiger charge is 2.22. The molecule has 0 aromatic heterocycles. The van der Waals surface area contributed by atoms with Crippen molar-refractivity contribution in [3.8, 4) is 0 Å². The van der Waals surface area contributed by atoms with Gasteiger partial charge in [-0.2, -0.15) is 0 Å². The average Bonchev–Trinajstić information content (AvgIpc) is 2.68. The summed E-state index contributed by atoms with van der Waals surface area (Å²) in [7, 11) is 0. The molecule has 1 aliphatic rings. The molecule has 3 atom stereocenters. The average molecular weight is 247 g/mol. The second-order valence-electron chi connectivity index (χ2n) is 5.52. The summed E-state index contributed by atoms with van der Waals surface area (Å²) in [4.78, 5) is 0. The van der Waals surface area contributed by atoms with Crippen LogP contribution in [0.25, 0.3) is 0 Å². The number of aliphatic hydroxyl groups is 1. The third-order valence-electron chi connectivity index (χ3n) is 4.03. The standard InChI is InChI=1S/C16H25NO/c1-13(14-8-4-2-5-9-14)12-16(18)15-10-6-3-7-11-17-15/h2,4-5,8-9,13,15-18H,3,6-7,10-12H2,1H3. The van der Waals surface area contributed by atoms with Gasteiger partial charge in [-0.15, -0.1) is 0 Å². The quantitative estimate of drug-likeness (QED) is 0.857. The van der Waals surface area contributed by atoms with Gasteiger partial charge < -0.3 is 10.4 Å². The first-order valence-electron chi connectivity index (χ1n) is 7.24. The zero-order chi connectivity index (χ0) is 12.8. The van der Waals surface area contributed by atoms with Crippen LogP contribution in [0.1, 0.15) is 50.5 Å². The minimum atomic E-state index is -0.224. The molecule has 2 rings (SSSR count). The molecular formula is C16H25NO. The molecule has 1 aromatic rings. The molecule has 18 heavy (non-hydrogen) atoms. The van der Waals surface area contributed by atoms with E-state index >= 15 is 0 Å². The van der Waals surface area contributed by atoms with Crippen molar-refractivity contribution in [3.63, 3.8) is 0 Å². The van der Waals surface area contributed by atoms with Gasteiger partial charge in [0.05, 0.1) is 6.10 Å². The van der Waals surface area contributed by atoms with Gasteiger partial charge in [0.25, 0.3) is 0 Å². The molecule has 0 saturated carbocycles. The molecule has 1 aliphatic heterocycles. The highest BCUT2D eigenvalue weighted by molar-refractivity contribution is 5.18. The zero-order valence-corrected chi connectivity index (χ0v) is 11.3. The Morgan fingerprint density at radius 1 is 1.22 bits per heavy atom. The third-order valence-corrected chi connectivity index (χ3v) is 4.03. The fourth-order valence-corrected chi connectivity index (χ4v) is 2.83. The minimum absolute atomic E-state index is 0.224. The van der Waals surface area contributed by atoms with Crippen LogP contribution in [0.4, 0.5) is 0 Å². The molecule has 0 spiro atoms. The SMILES string of the molecule is CC(CC(O)C1CCCCCN1)c1ccccc1. The Bertz CT molecular complexity index is 330. The predicted octanol–water partition coefficient (Wildman–Crippen LogP) is 3.07. The van der Waals surface area contributed by atoms with E-state index in [0.29, 0.717) is 12.0 Å². The van der Waals surface area contributed by atoms with Crippen LogP contribution in [0, 0.1) is 0 Å². The van der Waals surface area contributed by atoms with E-state index in [2.05, 4.69) is 36.5 Å². The van der Waals surface area contributed by atoms with Crippen LogP contribution in [-0.2, 0) is 0 Å². The first kappa shape index (κ1) is 13.6. The molecular weight excluding hydrogens is 222 g/mol. The van der Waals surface area contributed by atoms with Crippen molar-refractivity contribution in [3.05, 3.63) is 35.9 Å². The lowest BCUT2D eigenvalue weighted by molar-refractivity contribution is 0.110. The molecule has 2 heteroatoms. The van der Waals surface area contributed by atoms with Crippen molar-refractivity contribution < 1.29 is 5.11 Å². The summed E-state index contributed by atoms with van der Waals surface area (Å²) in [6.45, 7) is 3.26. The Kier molecular flexibility index (Phi) is 5.21. The van der Waals surface area contributed by atoms with Crippen LogP contribution in [-0.4, -0.2) is 23.8 Å². The van der Waals surface area contributed by atoms with Crippen molar-refractivity contribution in [2.75, 3.05) is 6.54 Å². The second kappa shape index (κ2) is 6.91. The number of aliphatic hydroxyl groups excluding tert-OH is 1. The van der Waals surface area contributed by atoms with E-state index in [1.54, 1.807) is 0 Å². The molecule has 2 N–H and O–H groups in total. The van der Waals surface area contributed by atoms with E-state index in [1.807, 2.05) is 6.07 Å². The van der Waals surface area contributed by atoms with E-state index in [4.69, 9.17) is 0 Å². The second-order valence-corrected chi connectivity index (χ2v) is 5.52. The summed E-state index contributed by atoms with van der Waals surface area (Å²) in [5, 5.41) is 13.9. The maximum absolute atomic E-state index is 10.4. The number of benzene rings is 1. The molecule has 1 aromatic carbocycles. The summed E-state index contributed by atoms with van der Waals surface area (Å²) >= 11 is 0. The molecule has 1 fully saturated rings. The Hall–Kier alpha value is -0.860. The topological polar surface area (TPSA) is 32.3 Å². The van der Waals surface area contributed by atoms with Gasteiger partial charge in [-0.25, -0.2) is 0 Å². The lowest BCUT2D eigenvalue weighted by atomic mass is 9.91. The van der Waals surface area contributed by atoms with Gasteiger partial charge in [0.1, 0.15) is 0 Å². The Morgan fingerprint density at radius 3 is 2.78 bits per heavy atom. The maximum Gasteiger partial charge on any atom is 0.0698 e. The fourth-order valence-electron chi connectivity index (χ4n) is 2.83. The van der Waals surface area contributed by atoms with Gasteiger partial charge in [-0.1, -0.05) is 50.1 Å². The van der Waals surface area contributed by atoms with E-state index in [1.165, 1.54) is 24.8 Å². The third kappa shape index (κ3) is 3.82. The largest absolute Gasteiger partial charge is 0.391 e. The van der Waals surface area contributed by atoms with Crippen LogP contribution in [0.3, 0.4) is 0 Å². The maximum atomic E-state index is 10.4. The summed E-state index contributed by atoms with van der Waals surface area (Å²) < 4.78 is 0. The van der Waals surface area contributed by atoms with Crippen molar-refractivity contribution in [1.82, 2.24) is 5.32 Å². The predicted molar refractivity (Wildman–Crippen MR) is 75.7 cm³/mol. The summed E-state index contributed by atoms with van der Waals surface area (Å²) in [5.41, 5.74) is 1.32. The van der Waals surface area contributed by atoms with Crippen LogP contribution in [0.15, 0.2) is 30.3 Å². The van der Waals surface area contributed by atoms with Gasteiger partial charge >= 0.3 is 0 Å². The molecule has 0 amide bonds. The van der Waals surface area contributed by atoms with Gasteiger partial charge in [-0.05, 0) is 37.3 Å². The molecule has 1 heterocycles. The molecule has 0 bridgehead atoms. The molecule has 100 valence electrons. The van der Waals surface area contributed by atoms with Crippen molar-refractivity contribution >= 4 is 0 Å². The summed E-state index contributed by atoms with van der Waals surface area (Å²) in [6.07, 6.45) is 5.53. The smallest absolute Gasteiger partial charge is 0.0698 e. The van der Waals surface area contributed by atoms with Gasteiger partial charge in [0.15, 0.2) is 0 Å². The summed E-state index contributed by atoms with van der Waals surface area (Å²) in [5.74, 6) is 0.422. The van der Waals surface area contributed by atoms with E-state index in [-0.39, 0.29) is 6.10 Å².